The third-order valence-corrected chi connectivity index (χ3v) is 5.15. The summed E-state index contributed by atoms with van der Waals surface area (Å²) in [6.07, 6.45) is 1.50. The minimum absolute atomic E-state index is 0.0189. The molecule has 2 rings (SSSR count). The summed E-state index contributed by atoms with van der Waals surface area (Å²) in [5.41, 5.74) is 0.225. The van der Waals surface area contributed by atoms with E-state index in [1.165, 1.54) is 44.7 Å². The van der Waals surface area contributed by atoms with Crippen molar-refractivity contribution in [2.75, 3.05) is 20.7 Å². The largest absolute Gasteiger partial charge is 0.467 e. The van der Waals surface area contributed by atoms with Gasteiger partial charge in [0, 0.05) is 12.6 Å². The summed E-state index contributed by atoms with van der Waals surface area (Å²) in [6, 6.07) is 8.71. The van der Waals surface area contributed by atoms with Gasteiger partial charge < -0.3 is 15.1 Å². The number of nitrogens with one attached hydrogen (secondary N) is 2. The second kappa shape index (κ2) is 8.61. The second-order valence-corrected chi connectivity index (χ2v) is 7.10. The van der Waals surface area contributed by atoms with Crippen LogP contribution in [0.15, 0.2) is 52.0 Å². The average molecular weight is 381 g/mol. The molecule has 10 heteroatoms. The molecule has 0 fully saturated rings. The molecular weight excluding hydrogens is 362 g/mol. The maximum atomic E-state index is 12.1. The molecule has 0 aliphatic carbocycles. The van der Waals surface area contributed by atoms with Gasteiger partial charge in [-0.2, -0.15) is 0 Å². The van der Waals surface area contributed by atoms with E-state index in [0.29, 0.717) is 10.2 Å². The molecule has 0 bridgehead atoms. The summed E-state index contributed by atoms with van der Waals surface area (Å²) < 4.78 is 29.9. The van der Waals surface area contributed by atoms with E-state index in [0.717, 1.165) is 0 Å². The monoisotopic (exact) mass is 381 g/mol. The Bertz CT molecular complexity index is 847. The molecule has 1 aromatic carbocycles. The molecule has 9 nitrogen and oxygen atoms in total. The van der Waals surface area contributed by atoms with Crippen LogP contribution in [-0.4, -0.2) is 45.4 Å². The summed E-state index contributed by atoms with van der Waals surface area (Å²) in [5, 5.41) is 5.05. The van der Waals surface area contributed by atoms with Crippen molar-refractivity contribution in [1.82, 2.24) is 15.1 Å². The van der Waals surface area contributed by atoms with Crippen molar-refractivity contribution in [3.63, 3.8) is 0 Å². The van der Waals surface area contributed by atoms with Crippen molar-refractivity contribution in [2.24, 2.45) is 0 Å². The first-order valence-corrected chi connectivity index (χ1v) is 8.99. The number of carbonyl (C=O) groups is 2. The van der Waals surface area contributed by atoms with E-state index in [1.54, 1.807) is 12.1 Å². The standard InChI is InChI=1S/C16H19N3O6S/c1-19(24-2)26(22,23)14-7-5-12(6-8-14)16(21)18-11-15(20)17-10-13-4-3-9-25-13/h3-9H,10-11H2,1-2H3,(H,17,20)(H,18,21). The Hall–Kier alpha value is -2.69. The fourth-order valence-electron chi connectivity index (χ4n) is 1.95. The van der Waals surface area contributed by atoms with E-state index < -0.39 is 15.9 Å². The van der Waals surface area contributed by atoms with Gasteiger partial charge in [-0.25, -0.2) is 8.42 Å². The number of sulfonamides is 1. The third kappa shape index (κ3) is 4.91. The van der Waals surface area contributed by atoms with Crippen molar-refractivity contribution < 1.29 is 27.3 Å². The van der Waals surface area contributed by atoms with Gasteiger partial charge in [-0.15, -0.1) is 0 Å². The predicted octanol–water partition coefficient (Wildman–Crippen LogP) is 0.508. The summed E-state index contributed by atoms with van der Waals surface area (Å²) in [5.74, 6) is -0.277. The first-order chi connectivity index (χ1) is 12.3. The van der Waals surface area contributed by atoms with Crippen molar-refractivity contribution in [3.05, 3.63) is 54.0 Å². The maximum absolute atomic E-state index is 12.1. The Balaban J connectivity index is 1.88. The lowest BCUT2D eigenvalue weighted by molar-refractivity contribution is -0.120. The molecule has 26 heavy (non-hydrogen) atoms. The summed E-state index contributed by atoms with van der Waals surface area (Å²) >= 11 is 0. The number of hydrogen-bond acceptors (Lipinski definition) is 6. The topological polar surface area (TPSA) is 118 Å². The van der Waals surface area contributed by atoms with Gasteiger partial charge in [-0.05, 0) is 36.4 Å². The van der Waals surface area contributed by atoms with Crippen LogP contribution in [0.25, 0.3) is 0 Å². The molecular formula is C16H19N3O6S. The minimum atomic E-state index is -3.78. The zero-order chi connectivity index (χ0) is 19.2. The average Bonchev–Trinajstić information content (AvgIpc) is 3.17. The van der Waals surface area contributed by atoms with Gasteiger partial charge in [0.15, 0.2) is 0 Å². The van der Waals surface area contributed by atoms with E-state index in [1.807, 2.05) is 0 Å². The highest BCUT2D eigenvalue weighted by atomic mass is 32.2. The number of nitrogens with zero attached hydrogens (tertiary/aromatic N) is 1. The Morgan fingerprint density at radius 3 is 2.42 bits per heavy atom. The van der Waals surface area contributed by atoms with Crippen molar-refractivity contribution in [1.29, 1.82) is 0 Å². The van der Waals surface area contributed by atoms with E-state index >= 15 is 0 Å². The fourth-order valence-corrected chi connectivity index (χ4v) is 2.92. The quantitative estimate of drug-likeness (QED) is 0.643. The first-order valence-electron chi connectivity index (χ1n) is 7.55. The van der Waals surface area contributed by atoms with Gasteiger partial charge >= 0.3 is 0 Å². The predicted molar refractivity (Wildman–Crippen MR) is 91.3 cm³/mol. The number of carbonyl (C=O) groups excluding carboxylic acids is 2. The lowest BCUT2D eigenvalue weighted by Crippen LogP contribution is -2.36. The lowest BCUT2D eigenvalue weighted by Gasteiger charge is -2.14. The van der Waals surface area contributed by atoms with Crippen molar-refractivity contribution in [2.45, 2.75) is 11.4 Å². The van der Waals surface area contributed by atoms with E-state index in [9.17, 15) is 18.0 Å². The number of hydroxylamine groups is 1. The number of amides is 2. The first kappa shape index (κ1) is 19.6. The van der Waals surface area contributed by atoms with Gasteiger partial charge in [0.1, 0.15) is 5.76 Å². The number of hydrogen-bond donors (Lipinski definition) is 2. The van der Waals surface area contributed by atoms with Gasteiger partial charge in [0.25, 0.3) is 15.9 Å². The fraction of sp³-hybridized carbons (Fsp3) is 0.250. The van der Waals surface area contributed by atoms with E-state index in [-0.39, 0.29) is 29.5 Å². The lowest BCUT2D eigenvalue weighted by atomic mass is 10.2. The molecule has 0 atom stereocenters. The van der Waals surface area contributed by atoms with Gasteiger partial charge in [0.05, 0.1) is 31.4 Å². The Kier molecular flexibility index (Phi) is 6.50. The molecule has 2 amide bonds. The Morgan fingerprint density at radius 1 is 1.15 bits per heavy atom. The molecule has 0 aliphatic heterocycles. The zero-order valence-corrected chi connectivity index (χ0v) is 15.1. The Morgan fingerprint density at radius 2 is 1.85 bits per heavy atom. The van der Waals surface area contributed by atoms with Crippen LogP contribution < -0.4 is 10.6 Å². The normalized spacial score (nSPS) is 11.3. The summed E-state index contributed by atoms with van der Waals surface area (Å²) in [4.78, 5) is 28.4. The van der Waals surface area contributed by atoms with Gasteiger partial charge in [0.2, 0.25) is 5.91 Å². The minimum Gasteiger partial charge on any atom is -0.467 e. The van der Waals surface area contributed by atoms with Crippen LogP contribution in [0.2, 0.25) is 0 Å². The van der Waals surface area contributed by atoms with Crippen molar-refractivity contribution in [3.8, 4) is 0 Å². The van der Waals surface area contributed by atoms with Crippen LogP contribution in [-0.2, 0) is 26.2 Å². The highest BCUT2D eigenvalue weighted by Gasteiger charge is 2.21. The van der Waals surface area contributed by atoms with E-state index in [2.05, 4.69) is 15.5 Å². The molecule has 0 spiro atoms. The molecule has 2 N–H and O–H groups in total. The molecule has 0 unspecified atom stereocenters. The number of furan rings is 1. The molecule has 0 saturated heterocycles. The zero-order valence-electron chi connectivity index (χ0n) is 14.3. The van der Waals surface area contributed by atoms with Crippen molar-refractivity contribution >= 4 is 21.8 Å². The van der Waals surface area contributed by atoms with Crippen LogP contribution in [0, 0.1) is 0 Å². The van der Waals surface area contributed by atoms with Crippen LogP contribution >= 0.6 is 0 Å². The number of benzene rings is 1. The Labute approximate surface area is 150 Å². The summed E-state index contributed by atoms with van der Waals surface area (Å²) in [6.45, 7) is 0.00722. The third-order valence-electron chi connectivity index (χ3n) is 3.46. The second-order valence-electron chi connectivity index (χ2n) is 5.16. The highest BCUT2D eigenvalue weighted by molar-refractivity contribution is 7.89. The van der Waals surface area contributed by atoms with Crippen LogP contribution in [0.4, 0.5) is 0 Å². The van der Waals surface area contributed by atoms with Gasteiger partial charge in [-0.1, -0.05) is 4.47 Å². The SMILES string of the molecule is CON(C)S(=O)(=O)c1ccc(C(=O)NCC(=O)NCc2ccco2)cc1. The highest BCUT2D eigenvalue weighted by Crippen LogP contribution is 2.15. The number of rotatable bonds is 8. The van der Waals surface area contributed by atoms with Crippen LogP contribution in [0.3, 0.4) is 0 Å². The maximum Gasteiger partial charge on any atom is 0.264 e. The molecule has 1 aromatic heterocycles. The molecule has 2 aromatic rings. The van der Waals surface area contributed by atoms with Crippen LogP contribution in [0.5, 0.6) is 0 Å². The van der Waals surface area contributed by atoms with E-state index in [4.69, 9.17) is 4.42 Å². The molecule has 0 radical (unpaired) electrons. The summed E-state index contributed by atoms with van der Waals surface area (Å²) in [7, 11) is -1.29. The van der Waals surface area contributed by atoms with Crippen LogP contribution in [0.1, 0.15) is 16.1 Å². The molecule has 1 heterocycles. The molecule has 140 valence electrons. The molecule has 0 saturated carbocycles. The smallest absolute Gasteiger partial charge is 0.264 e. The molecule has 0 aliphatic rings. The van der Waals surface area contributed by atoms with Gasteiger partial charge in [-0.3, -0.25) is 14.4 Å².